The molecule has 0 atom stereocenters. The van der Waals surface area contributed by atoms with Crippen LogP contribution in [0.25, 0.3) is 28.0 Å². The number of para-hydroxylation sites is 1. The maximum atomic E-state index is 12.6. The summed E-state index contributed by atoms with van der Waals surface area (Å²) in [5.74, 6) is 0.670. The minimum Gasteiger partial charge on any atom is -0.371 e. The lowest BCUT2D eigenvalue weighted by Gasteiger charge is -2.15. The van der Waals surface area contributed by atoms with Gasteiger partial charge in [-0.25, -0.2) is 4.98 Å². The minimum atomic E-state index is -0.0635. The van der Waals surface area contributed by atoms with Gasteiger partial charge in [-0.3, -0.25) is 9.89 Å². The third kappa shape index (κ3) is 3.22. The number of aromatic nitrogens is 4. The largest absolute Gasteiger partial charge is 0.371 e. The van der Waals surface area contributed by atoms with Gasteiger partial charge in [0.05, 0.1) is 11.9 Å². The second kappa shape index (κ2) is 7.19. The number of nitrogens with zero attached hydrogens (tertiary/aromatic N) is 4. The van der Waals surface area contributed by atoms with Crippen molar-refractivity contribution >= 4 is 39.7 Å². The fraction of sp³-hybridized carbons (Fsp3) is 0.190. The number of aryl methyl sites for hydroxylation is 1. The Bertz CT molecular complexity index is 1190. The van der Waals surface area contributed by atoms with Crippen LogP contribution in [0.4, 0.5) is 5.82 Å². The van der Waals surface area contributed by atoms with Crippen LogP contribution in [-0.4, -0.2) is 44.7 Å². The van der Waals surface area contributed by atoms with Crippen LogP contribution in [-0.2, 0) is 18.4 Å². The van der Waals surface area contributed by atoms with Crippen LogP contribution >= 0.6 is 0 Å². The van der Waals surface area contributed by atoms with Crippen LogP contribution in [0.2, 0.25) is 0 Å². The molecule has 0 fully saturated rings. The van der Waals surface area contributed by atoms with E-state index in [2.05, 4.69) is 43.3 Å². The van der Waals surface area contributed by atoms with Gasteiger partial charge in [-0.05, 0) is 35.2 Å². The van der Waals surface area contributed by atoms with Crippen LogP contribution in [0.5, 0.6) is 0 Å². The third-order valence-electron chi connectivity index (χ3n) is 4.92. The molecular weight excluding hydrogens is 352 g/mol. The number of carbonyl (C=O) groups excluding carboxylic acids is 1. The summed E-state index contributed by atoms with van der Waals surface area (Å²) in [6.07, 6.45) is 5.07. The Morgan fingerprint density at radius 3 is 2.93 bits per heavy atom. The van der Waals surface area contributed by atoms with Gasteiger partial charge in [0.25, 0.3) is 0 Å². The van der Waals surface area contributed by atoms with Crippen molar-refractivity contribution in [2.24, 2.45) is 7.05 Å². The minimum absolute atomic E-state index is 0.0635. The lowest BCUT2D eigenvalue weighted by Crippen LogP contribution is -2.25. The van der Waals surface area contributed by atoms with Crippen LogP contribution in [0, 0.1) is 0 Å². The number of nitrogens with one attached hydrogen (secondary N) is 2. The molecule has 4 aromatic rings. The molecular formula is C21H22N6O. The average Bonchev–Trinajstić information content (AvgIpc) is 3.26. The zero-order valence-corrected chi connectivity index (χ0v) is 16.1. The van der Waals surface area contributed by atoms with E-state index in [1.165, 1.54) is 5.39 Å². The van der Waals surface area contributed by atoms with E-state index in [-0.39, 0.29) is 5.91 Å². The van der Waals surface area contributed by atoms with Gasteiger partial charge in [-0.1, -0.05) is 18.2 Å². The summed E-state index contributed by atoms with van der Waals surface area (Å²) in [6, 6.07) is 12.3. The zero-order valence-electron chi connectivity index (χ0n) is 16.1. The average molecular weight is 374 g/mol. The maximum absolute atomic E-state index is 12.6. The Hall–Kier alpha value is -3.61. The smallest absolute Gasteiger partial charge is 0.246 e. The van der Waals surface area contributed by atoms with Crippen molar-refractivity contribution < 1.29 is 4.79 Å². The second-order valence-corrected chi connectivity index (χ2v) is 6.77. The molecule has 28 heavy (non-hydrogen) atoms. The summed E-state index contributed by atoms with van der Waals surface area (Å²) < 4.78 is 2.12. The molecule has 0 aliphatic heterocycles. The second-order valence-electron chi connectivity index (χ2n) is 6.77. The number of amides is 1. The number of rotatable bonds is 5. The predicted octanol–water partition coefficient (Wildman–Crippen LogP) is 3.16. The summed E-state index contributed by atoms with van der Waals surface area (Å²) in [6.45, 7) is 0.539. The highest BCUT2D eigenvalue weighted by Crippen LogP contribution is 2.21. The van der Waals surface area contributed by atoms with E-state index in [0.717, 1.165) is 28.0 Å². The van der Waals surface area contributed by atoms with Crippen molar-refractivity contribution in [1.82, 2.24) is 24.6 Å². The molecule has 1 amide bonds. The monoisotopic (exact) mass is 374 g/mol. The molecule has 0 unspecified atom stereocenters. The molecule has 0 saturated heterocycles. The van der Waals surface area contributed by atoms with Crippen molar-refractivity contribution in [1.29, 1.82) is 0 Å². The third-order valence-corrected chi connectivity index (χ3v) is 4.92. The summed E-state index contributed by atoms with van der Waals surface area (Å²) in [7, 11) is 5.64. The van der Waals surface area contributed by atoms with Crippen molar-refractivity contribution in [3.63, 3.8) is 0 Å². The van der Waals surface area contributed by atoms with Gasteiger partial charge in [0, 0.05) is 44.6 Å². The molecule has 0 radical (unpaired) electrons. The summed E-state index contributed by atoms with van der Waals surface area (Å²) in [4.78, 5) is 18.6. The van der Waals surface area contributed by atoms with Gasteiger partial charge >= 0.3 is 0 Å². The number of likely N-dealkylation sites (N-methyl/N-ethyl adjacent to an activating group) is 1. The first-order chi connectivity index (χ1) is 13.6. The summed E-state index contributed by atoms with van der Waals surface area (Å²) in [5.41, 5.74) is 3.80. The van der Waals surface area contributed by atoms with E-state index in [0.29, 0.717) is 12.2 Å². The van der Waals surface area contributed by atoms with E-state index in [4.69, 9.17) is 0 Å². The SMILES string of the molecule is CNc1n[nH]c2ncc(C=CC(=O)N(C)Cc3cc4ccccc4n3C)cc12. The van der Waals surface area contributed by atoms with E-state index < -0.39 is 0 Å². The van der Waals surface area contributed by atoms with Gasteiger partial charge in [0.15, 0.2) is 11.5 Å². The molecule has 0 bridgehead atoms. The molecule has 0 saturated carbocycles. The van der Waals surface area contributed by atoms with Crippen LogP contribution in [0.3, 0.4) is 0 Å². The molecule has 7 heteroatoms. The fourth-order valence-electron chi connectivity index (χ4n) is 3.31. The number of benzene rings is 1. The lowest BCUT2D eigenvalue weighted by molar-refractivity contribution is -0.125. The quantitative estimate of drug-likeness (QED) is 0.526. The highest BCUT2D eigenvalue weighted by atomic mass is 16.2. The normalized spacial score (nSPS) is 11.5. The van der Waals surface area contributed by atoms with E-state index in [1.54, 1.807) is 30.3 Å². The summed E-state index contributed by atoms with van der Waals surface area (Å²) >= 11 is 0. The number of hydrogen-bond acceptors (Lipinski definition) is 4. The zero-order chi connectivity index (χ0) is 19.7. The number of carbonyl (C=O) groups is 1. The van der Waals surface area contributed by atoms with Gasteiger partial charge in [-0.15, -0.1) is 0 Å². The summed E-state index contributed by atoms with van der Waals surface area (Å²) in [5, 5.41) is 12.1. The molecule has 0 spiro atoms. The number of anilines is 1. The Morgan fingerprint density at radius 1 is 1.32 bits per heavy atom. The Morgan fingerprint density at radius 2 is 2.14 bits per heavy atom. The molecule has 3 aromatic heterocycles. The standard InChI is InChI=1S/C21H22N6O/c1-22-20-17-10-14(12-23-21(17)25-24-20)8-9-19(28)26(2)13-16-11-15-6-4-5-7-18(15)27(16)3/h4-12H,13H2,1-3H3,(H2,22,23,24,25). The highest BCUT2D eigenvalue weighted by molar-refractivity contribution is 5.93. The Kier molecular flexibility index (Phi) is 4.57. The number of H-pyrrole nitrogens is 1. The number of hydrogen-bond donors (Lipinski definition) is 2. The lowest BCUT2D eigenvalue weighted by atomic mass is 10.2. The molecule has 2 N–H and O–H groups in total. The molecule has 142 valence electrons. The maximum Gasteiger partial charge on any atom is 0.246 e. The van der Waals surface area contributed by atoms with Gasteiger partial charge in [0.1, 0.15) is 0 Å². The molecule has 0 aliphatic carbocycles. The van der Waals surface area contributed by atoms with Crippen molar-refractivity contribution in [2.45, 2.75) is 6.54 Å². The molecule has 7 nitrogen and oxygen atoms in total. The fourth-order valence-corrected chi connectivity index (χ4v) is 3.31. The van der Waals surface area contributed by atoms with Crippen LogP contribution < -0.4 is 5.32 Å². The van der Waals surface area contributed by atoms with Crippen LogP contribution in [0.15, 0.2) is 48.7 Å². The topological polar surface area (TPSA) is 78.8 Å². The van der Waals surface area contributed by atoms with Crippen molar-refractivity contribution in [3.8, 4) is 0 Å². The van der Waals surface area contributed by atoms with Gasteiger partial charge < -0.3 is 14.8 Å². The molecule has 1 aromatic carbocycles. The van der Waals surface area contributed by atoms with Crippen molar-refractivity contribution in [3.05, 3.63) is 59.9 Å². The first-order valence-corrected chi connectivity index (χ1v) is 9.05. The van der Waals surface area contributed by atoms with E-state index in [1.807, 2.05) is 32.3 Å². The first-order valence-electron chi connectivity index (χ1n) is 9.05. The highest BCUT2D eigenvalue weighted by Gasteiger charge is 2.11. The number of aromatic amines is 1. The molecule has 0 aliphatic rings. The van der Waals surface area contributed by atoms with Gasteiger partial charge in [-0.2, -0.15) is 5.10 Å². The van der Waals surface area contributed by atoms with E-state index in [9.17, 15) is 4.79 Å². The Labute approximate surface area is 162 Å². The first kappa shape index (κ1) is 17.8. The van der Waals surface area contributed by atoms with Crippen molar-refractivity contribution in [2.75, 3.05) is 19.4 Å². The van der Waals surface area contributed by atoms with Gasteiger partial charge in [0.2, 0.25) is 5.91 Å². The van der Waals surface area contributed by atoms with Crippen LogP contribution in [0.1, 0.15) is 11.3 Å². The number of pyridine rings is 1. The van der Waals surface area contributed by atoms with E-state index >= 15 is 0 Å². The predicted molar refractivity (Wildman–Crippen MR) is 112 cm³/mol. The Balaban J connectivity index is 1.50. The number of fused-ring (bicyclic) bond motifs is 2. The molecule has 3 heterocycles. The molecule has 4 rings (SSSR count).